The third kappa shape index (κ3) is 5.82. The summed E-state index contributed by atoms with van der Waals surface area (Å²) in [5.41, 5.74) is 4.60. The first-order valence-electron chi connectivity index (χ1n) is 8.95. The normalized spacial score (nSPS) is 12.3. The second-order valence-electron chi connectivity index (χ2n) is 6.61. The topological polar surface area (TPSA) is 88.4 Å². The third-order valence-electron chi connectivity index (χ3n) is 4.61. The van der Waals surface area contributed by atoms with E-state index >= 15 is 0 Å². The molecule has 1 heterocycles. The average Bonchev–Trinajstić information content (AvgIpc) is 2.86. The number of nitrogens with one attached hydrogen (secondary N) is 2. The number of nitrogens with zero attached hydrogens (tertiary/aromatic N) is 3. The monoisotopic (exact) mass is 391 g/mol. The number of hydrogen-bond donors (Lipinski definition) is 2. The molecule has 0 atom stereocenters. The second kappa shape index (κ2) is 9.03. The maximum absolute atomic E-state index is 11.5. The number of aryl methyl sites for hydroxylation is 2. The summed E-state index contributed by atoms with van der Waals surface area (Å²) in [6, 6.07) is 7.00. The van der Waals surface area contributed by atoms with Crippen LogP contribution in [0.4, 0.5) is 0 Å². The fourth-order valence-corrected chi connectivity index (χ4v) is 3.56. The van der Waals surface area contributed by atoms with E-state index in [9.17, 15) is 8.42 Å². The first kappa shape index (κ1) is 21.0. The minimum absolute atomic E-state index is 0.345. The lowest BCUT2D eigenvalue weighted by Crippen LogP contribution is -2.39. The van der Waals surface area contributed by atoms with Crippen molar-refractivity contribution in [1.82, 2.24) is 20.4 Å². The molecule has 8 heteroatoms. The Morgan fingerprint density at radius 2 is 1.70 bits per heavy atom. The Morgan fingerprint density at radius 3 is 2.19 bits per heavy atom. The number of sulfone groups is 1. The molecule has 0 aliphatic rings. The molecule has 0 saturated carbocycles. The van der Waals surface area contributed by atoms with Gasteiger partial charge in [0.15, 0.2) is 15.8 Å². The van der Waals surface area contributed by atoms with Gasteiger partial charge in [-0.1, -0.05) is 12.1 Å². The Kier molecular flexibility index (Phi) is 7.01. The van der Waals surface area contributed by atoms with Crippen molar-refractivity contribution in [2.45, 2.75) is 31.6 Å². The zero-order chi connectivity index (χ0) is 20.0. The summed E-state index contributed by atoms with van der Waals surface area (Å²) in [6.07, 6.45) is 2.89. The molecule has 0 saturated heterocycles. The fourth-order valence-electron chi connectivity index (χ4n) is 2.93. The maximum Gasteiger partial charge on any atom is 0.190 e. The molecule has 0 fully saturated rings. The van der Waals surface area contributed by atoms with Gasteiger partial charge in [-0.25, -0.2) is 8.42 Å². The smallest absolute Gasteiger partial charge is 0.190 e. The highest BCUT2D eigenvalue weighted by atomic mass is 32.2. The van der Waals surface area contributed by atoms with Crippen LogP contribution < -0.4 is 10.6 Å². The van der Waals surface area contributed by atoms with Gasteiger partial charge in [0, 0.05) is 39.1 Å². The minimum Gasteiger partial charge on any atom is -0.356 e. The third-order valence-corrected chi connectivity index (χ3v) is 5.74. The highest BCUT2D eigenvalue weighted by Gasteiger charge is 2.09. The predicted octanol–water partition coefficient (Wildman–Crippen LogP) is 1.39. The van der Waals surface area contributed by atoms with Gasteiger partial charge in [0.2, 0.25) is 0 Å². The molecule has 0 amide bonds. The first-order valence-corrected chi connectivity index (χ1v) is 10.8. The van der Waals surface area contributed by atoms with E-state index in [2.05, 4.69) is 27.6 Å². The fraction of sp³-hybridized carbons (Fsp3) is 0.474. The van der Waals surface area contributed by atoms with Gasteiger partial charge in [-0.3, -0.25) is 9.67 Å². The molecule has 2 N–H and O–H groups in total. The van der Waals surface area contributed by atoms with Crippen molar-refractivity contribution < 1.29 is 8.42 Å². The summed E-state index contributed by atoms with van der Waals surface area (Å²) in [7, 11) is 0.561. The van der Waals surface area contributed by atoms with E-state index in [4.69, 9.17) is 0 Å². The van der Waals surface area contributed by atoms with Crippen molar-refractivity contribution in [2.24, 2.45) is 12.0 Å². The van der Waals surface area contributed by atoms with Gasteiger partial charge in [0.25, 0.3) is 0 Å². The van der Waals surface area contributed by atoms with Crippen LogP contribution in [0.15, 0.2) is 34.2 Å². The highest BCUT2D eigenvalue weighted by Crippen LogP contribution is 2.12. The molecule has 2 rings (SSSR count). The van der Waals surface area contributed by atoms with Gasteiger partial charge in [-0.05, 0) is 49.9 Å². The van der Waals surface area contributed by atoms with Crippen LogP contribution in [0.3, 0.4) is 0 Å². The van der Waals surface area contributed by atoms with Crippen LogP contribution in [0.1, 0.15) is 22.5 Å². The lowest BCUT2D eigenvalue weighted by atomic mass is 10.1. The summed E-state index contributed by atoms with van der Waals surface area (Å²) >= 11 is 0. The van der Waals surface area contributed by atoms with Crippen LogP contribution in [0.25, 0.3) is 0 Å². The first-order chi connectivity index (χ1) is 12.7. The molecule has 0 unspecified atom stereocenters. The van der Waals surface area contributed by atoms with Crippen LogP contribution in [0.5, 0.6) is 0 Å². The molecular formula is C19H29N5O2S. The van der Waals surface area contributed by atoms with Gasteiger partial charge < -0.3 is 10.6 Å². The molecular weight excluding hydrogens is 362 g/mol. The summed E-state index contributed by atoms with van der Waals surface area (Å²) in [6.45, 7) is 5.60. The molecule has 0 spiro atoms. The van der Waals surface area contributed by atoms with E-state index in [0.717, 1.165) is 36.6 Å². The Hall–Kier alpha value is -2.35. The van der Waals surface area contributed by atoms with E-state index in [0.29, 0.717) is 11.4 Å². The zero-order valence-electron chi connectivity index (χ0n) is 16.7. The molecule has 0 bridgehead atoms. The molecule has 148 valence electrons. The standard InChI is InChI=1S/C19H29N5O2S/c1-14-18(15(2)24(4)23-14)11-13-22-19(20-3)21-12-10-16-6-8-17(9-7-16)27(5,25)26/h6-9H,10-13H2,1-5H3,(H2,20,21,22). The molecule has 1 aromatic heterocycles. The average molecular weight is 392 g/mol. The quantitative estimate of drug-likeness (QED) is 0.550. The zero-order valence-corrected chi connectivity index (χ0v) is 17.5. The van der Waals surface area contributed by atoms with Crippen LogP contribution in [0, 0.1) is 13.8 Å². The van der Waals surface area contributed by atoms with Gasteiger partial charge in [0.1, 0.15) is 0 Å². The number of hydrogen-bond acceptors (Lipinski definition) is 4. The SMILES string of the molecule is CN=C(NCCc1ccc(S(C)(=O)=O)cc1)NCCc1c(C)nn(C)c1C. The Morgan fingerprint density at radius 1 is 1.11 bits per heavy atom. The lowest BCUT2D eigenvalue weighted by Gasteiger charge is -2.12. The predicted molar refractivity (Wildman–Crippen MR) is 109 cm³/mol. The molecule has 27 heavy (non-hydrogen) atoms. The molecule has 0 aliphatic carbocycles. The summed E-state index contributed by atoms with van der Waals surface area (Å²) in [4.78, 5) is 4.59. The van der Waals surface area contributed by atoms with Crippen molar-refractivity contribution in [3.8, 4) is 0 Å². The van der Waals surface area contributed by atoms with Gasteiger partial charge in [-0.15, -0.1) is 0 Å². The van der Waals surface area contributed by atoms with Gasteiger partial charge >= 0.3 is 0 Å². The highest BCUT2D eigenvalue weighted by molar-refractivity contribution is 7.90. The molecule has 7 nitrogen and oxygen atoms in total. The Balaban J connectivity index is 1.79. The van der Waals surface area contributed by atoms with Crippen molar-refractivity contribution >= 4 is 15.8 Å². The van der Waals surface area contributed by atoms with Crippen LogP contribution in [-0.2, 0) is 29.7 Å². The molecule has 1 aromatic carbocycles. The van der Waals surface area contributed by atoms with Crippen LogP contribution in [-0.4, -0.2) is 50.6 Å². The Bertz CT molecular complexity index is 899. The number of aliphatic imine (C=N–C) groups is 1. The van der Waals surface area contributed by atoms with Gasteiger partial charge in [0.05, 0.1) is 10.6 Å². The minimum atomic E-state index is -3.15. The largest absolute Gasteiger partial charge is 0.356 e. The van der Waals surface area contributed by atoms with Crippen molar-refractivity contribution in [3.63, 3.8) is 0 Å². The van der Waals surface area contributed by atoms with E-state index in [1.54, 1.807) is 19.2 Å². The van der Waals surface area contributed by atoms with E-state index in [1.165, 1.54) is 17.5 Å². The molecule has 0 aliphatic heterocycles. The summed E-state index contributed by atoms with van der Waals surface area (Å²) < 4.78 is 24.9. The lowest BCUT2D eigenvalue weighted by molar-refractivity contribution is 0.602. The summed E-state index contributed by atoms with van der Waals surface area (Å²) in [5, 5.41) is 11.0. The van der Waals surface area contributed by atoms with Crippen LogP contribution >= 0.6 is 0 Å². The number of guanidine groups is 1. The van der Waals surface area contributed by atoms with Crippen LogP contribution in [0.2, 0.25) is 0 Å². The second-order valence-corrected chi connectivity index (χ2v) is 8.63. The Labute approximate surface area is 161 Å². The van der Waals surface area contributed by atoms with E-state index in [1.807, 2.05) is 30.8 Å². The van der Waals surface area contributed by atoms with Crippen molar-refractivity contribution in [2.75, 3.05) is 26.4 Å². The number of rotatable bonds is 7. The number of aromatic nitrogens is 2. The number of benzene rings is 1. The maximum atomic E-state index is 11.5. The van der Waals surface area contributed by atoms with E-state index < -0.39 is 9.84 Å². The van der Waals surface area contributed by atoms with Crippen molar-refractivity contribution in [3.05, 3.63) is 46.8 Å². The molecule has 2 aromatic rings. The van der Waals surface area contributed by atoms with Gasteiger partial charge in [-0.2, -0.15) is 5.10 Å². The summed E-state index contributed by atoms with van der Waals surface area (Å²) in [5.74, 6) is 0.752. The molecule has 0 radical (unpaired) electrons. The van der Waals surface area contributed by atoms with Crippen molar-refractivity contribution in [1.29, 1.82) is 0 Å². The van der Waals surface area contributed by atoms with E-state index in [-0.39, 0.29) is 0 Å².